The fourth-order valence-corrected chi connectivity index (χ4v) is 3.99. The van der Waals surface area contributed by atoms with Crippen molar-refractivity contribution in [3.05, 3.63) is 36.4 Å². The molecule has 1 N–H and O–H groups in total. The molecule has 2 aromatic carbocycles. The van der Waals surface area contributed by atoms with Gasteiger partial charge in [0.15, 0.2) is 0 Å². The summed E-state index contributed by atoms with van der Waals surface area (Å²) < 4.78 is 38.4. The van der Waals surface area contributed by atoms with Crippen LogP contribution in [0.3, 0.4) is 0 Å². The van der Waals surface area contributed by atoms with Gasteiger partial charge in [0.2, 0.25) is 10.0 Å². The molecule has 0 atom stereocenters. The van der Waals surface area contributed by atoms with Crippen molar-refractivity contribution < 1.29 is 17.6 Å². The Balaban J connectivity index is 2.02. The molecule has 0 unspecified atom stereocenters. The van der Waals surface area contributed by atoms with E-state index in [0.29, 0.717) is 29.4 Å². The summed E-state index contributed by atoms with van der Waals surface area (Å²) in [6, 6.07) is 11.2. The lowest BCUT2D eigenvalue weighted by atomic mass is 10.1. The lowest BCUT2D eigenvalue weighted by Crippen LogP contribution is -2.18. The molecule has 1 aromatic heterocycles. The molecular formula is C18H21NO4S. The number of furan rings is 1. The van der Waals surface area contributed by atoms with Gasteiger partial charge in [-0.1, -0.05) is 32.0 Å². The van der Waals surface area contributed by atoms with Crippen LogP contribution in [-0.4, -0.2) is 21.3 Å². The summed E-state index contributed by atoms with van der Waals surface area (Å²) in [4.78, 5) is 0. The number of ether oxygens (including phenoxy) is 1. The predicted octanol–water partition coefficient (Wildman–Crippen LogP) is 4.38. The zero-order valence-corrected chi connectivity index (χ0v) is 14.8. The first-order valence-electron chi connectivity index (χ1n) is 7.89. The average Bonchev–Trinajstić information content (AvgIpc) is 2.89. The molecule has 6 heteroatoms. The Hall–Kier alpha value is -2.21. The van der Waals surface area contributed by atoms with Gasteiger partial charge < -0.3 is 9.15 Å². The van der Waals surface area contributed by atoms with Crippen molar-refractivity contribution in [2.45, 2.75) is 20.3 Å². The minimum Gasteiger partial charge on any atom is -0.495 e. The number of hydrogen-bond acceptors (Lipinski definition) is 4. The minimum absolute atomic E-state index is 0.0754. The van der Waals surface area contributed by atoms with Gasteiger partial charge in [0.1, 0.15) is 16.9 Å². The fourth-order valence-electron chi connectivity index (χ4n) is 2.61. The molecule has 0 spiro atoms. The third kappa shape index (κ3) is 3.33. The van der Waals surface area contributed by atoms with E-state index in [0.717, 1.165) is 16.4 Å². The molecular weight excluding hydrogens is 326 g/mol. The normalized spacial score (nSPS) is 12.2. The Labute approximate surface area is 141 Å². The average molecular weight is 347 g/mol. The van der Waals surface area contributed by atoms with Gasteiger partial charge in [-0.05, 0) is 24.5 Å². The maximum atomic E-state index is 12.3. The second kappa shape index (κ2) is 6.36. The summed E-state index contributed by atoms with van der Waals surface area (Å²) in [6.07, 6.45) is 0.602. The van der Waals surface area contributed by atoms with E-state index >= 15 is 0 Å². The number of anilines is 1. The van der Waals surface area contributed by atoms with Crippen LogP contribution in [-0.2, 0) is 10.0 Å². The van der Waals surface area contributed by atoms with Crippen LogP contribution >= 0.6 is 0 Å². The standard InChI is InChI=1S/C18H21NO4S/c1-12(2)8-9-24(20,21)19-15-11-17-14(10-18(15)22-3)13-6-4-5-7-16(13)23-17/h4-7,10-12,19H,8-9H2,1-3H3. The predicted molar refractivity (Wildman–Crippen MR) is 97.1 cm³/mol. The second-order valence-corrected chi connectivity index (χ2v) is 8.09. The van der Waals surface area contributed by atoms with Crippen LogP contribution in [0.4, 0.5) is 5.69 Å². The van der Waals surface area contributed by atoms with Gasteiger partial charge in [-0.3, -0.25) is 4.72 Å². The molecule has 0 amide bonds. The molecule has 0 aliphatic rings. The quantitative estimate of drug-likeness (QED) is 0.718. The first-order valence-corrected chi connectivity index (χ1v) is 9.54. The molecule has 0 saturated heterocycles. The maximum absolute atomic E-state index is 12.3. The van der Waals surface area contributed by atoms with Crippen molar-refractivity contribution in [3.8, 4) is 5.75 Å². The summed E-state index contributed by atoms with van der Waals surface area (Å²) in [5.74, 6) is 0.870. The second-order valence-electron chi connectivity index (χ2n) is 6.25. The molecule has 24 heavy (non-hydrogen) atoms. The highest BCUT2D eigenvalue weighted by molar-refractivity contribution is 7.92. The van der Waals surface area contributed by atoms with Crippen LogP contribution in [0, 0.1) is 5.92 Å². The molecule has 0 saturated carbocycles. The van der Waals surface area contributed by atoms with Crippen molar-refractivity contribution in [1.82, 2.24) is 0 Å². The zero-order chi connectivity index (χ0) is 17.3. The van der Waals surface area contributed by atoms with Gasteiger partial charge in [0.05, 0.1) is 18.6 Å². The Morgan fingerprint density at radius 2 is 1.88 bits per heavy atom. The van der Waals surface area contributed by atoms with E-state index in [1.807, 2.05) is 44.2 Å². The molecule has 3 rings (SSSR count). The van der Waals surface area contributed by atoms with Crippen LogP contribution in [0.25, 0.3) is 21.9 Å². The number of nitrogens with one attached hydrogen (secondary N) is 1. The minimum atomic E-state index is -3.43. The molecule has 0 aliphatic heterocycles. The first-order chi connectivity index (χ1) is 11.4. The van der Waals surface area contributed by atoms with Crippen LogP contribution in [0.2, 0.25) is 0 Å². The molecule has 0 fully saturated rings. The molecule has 5 nitrogen and oxygen atoms in total. The van der Waals surface area contributed by atoms with E-state index in [-0.39, 0.29) is 5.75 Å². The molecule has 3 aromatic rings. The number of methoxy groups -OCH3 is 1. The third-order valence-electron chi connectivity index (χ3n) is 3.93. The van der Waals surface area contributed by atoms with Gasteiger partial charge >= 0.3 is 0 Å². The van der Waals surface area contributed by atoms with Gasteiger partial charge in [0, 0.05) is 16.8 Å². The smallest absolute Gasteiger partial charge is 0.232 e. The Morgan fingerprint density at radius 3 is 2.58 bits per heavy atom. The Bertz CT molecular complexity index is 973. The van der Waals surface area contributed by atoms with Crippen LogP contribution in [0.5, 0.6) is 5.75 Å². The summed E-state index contributed by atoms with van der Waals surface area (Å²) in [5.41, 5.74) is 1.78. The highest BCUT2D eigenvalue weighted by atomic mass is 32.2. The Morgan fingerprint density at radius 1 is 1.12 bits per heavy atom. The SMILES string of the molecule is COc1cc2c(cc1NS(=O)(=O)CCC(C)C)oc1ccccc12. The van der Waals surface area contributed by atoms with Crippen molar-refractivity contribution in [2.24, 2.45) is 5.92 Å². The summed E-state index contributed by atoms with van der Waals surface area (Å²) in [6.45, 7) is 3.99. The number of hydrogen-bond donors (Lipinski definition) is 1. The fraction of sp³-hybridized carbons (Fsp3) is 0.333. The van der Waals surface area contributed by atoms with Crippen molar-refractivity contribution >= 4 is 37.6 Å². The van der Waals surface area contributed by atoms with Crippen LogP contribution in [0.15, 0.2) is 40.8 Å². The van der Waals surface area contributed by atoms with Crippen molar-refractivity contribution in [2.75, 3.05) is 17.6 Å². The number of para-hydroxylation sites is 1. The van der Waals surface area contributed by atoms with E-state index in [9.17, 15) is 8.42 Å². The van der Waals surface area contributed by atoms with Gasteiger partial charge in [-0.15, -0.1) is 0 Å². The molecule has 128 valence electrons. The highest BCUT2D eigenvalue weighted by Crippen LogP contribution is 2.36. The maximum Gasteiger partial charge on any atom is 0.232 e. The summed E-state index contributed by atoms with van der Waals surface area (Å²) >= 11 is 0. The van der Waals surface area contributed by atoms with Crippen LogP contribution in [0.1, 0.15) is 20.3 Å². The van der Waals surface area contributed by atoms with E-state index in [2.05, 4.69) is 4.72 Å². The molecule has 0 radical (unpaired) electrons. The largest absolute Gasteiger partial charge is 0.495 e. The van der Waals surface area contributed by atoms with Crippen molar-refractivity contribution in [3.63, 3.8) is 0 Å². The van der Waals surface area contributed by atoms with E-state index in [1.54, 1.807) is 6.07 Å². The third-order valence-corrected chi connectivity index (χ3v) is 5.23. The number of sulfonamides is 1. The number of benzene rings is 2. The van der Waals surface area contributed by atoms with E-state index in [1.165, 1.54) is 7.11 Å². The summed E-state index contributed by atoms with van der Waals surface area (Å²) in [7, 11) is -1.91. The lowest BCUT2D eigenvalue weighted by Gasteiger charge is -2.12. The highest BCUT2D eigenvalue weighted by Gasteiger charge is 2.17. The molecule has 0 aliphatic carbocycles. The zero-order valence-electron chi connectivity index (χ0n) is 14.0. The Kier molecular flexibility index (Phi) is 4.41. The molecule has 1 heterocycles. The van der Waals surface area contributed by atoms with Gasteiger partial charge in [-0.2, -0.15) is 0 Å². The van der Waals surface area contributed by atoms with E-state index in [4.69, 9.17) is 9.15 Å². The number of fused-ring (bicyclic) bond motifs is 3. The van der Waals surface area contributed by atoms with Crippen molar-refractivity contribution in [1.29, 1.82) is 0 Å². The lowest BCUT2D eigenvalue weighted by molar-refractivity contribution is 0.417. The topological polar surface area (TPSA) is 68.5 Å². The van der Waals surface area contributed by atoms with Gasteiger partial charge in [0.25, 0.3) is 0 Å². The first kappa shape index (κ1) is 16.6. The summed E-state index contributed by atoms with van der Waals surface area (Å²) in [5, 5.41) is 1.87. The van der Waals surface area contributed by atoms with Gasteiger partial charge in [-0.25, -0.2) is 8.42 Å². The number of rotatable bonds is 6. The molecule has 0 bridgehead atoms. The monoisotopic (exact) mass is 347 g/mol. The van der Waals surface area contributed by atoms with E-state index < -0.39 is 10.0 Å². The van der Waals surface area contributed by atoms with Crippen LogP contribution < -0.4 is 9.46 Å².